The number of carbonyl (C=O) groups excluding carboxylic acids is 1. The lowest BCUT2D eigenvalue weighted by molar-refractivity contribution is -0.144. The van der Waals surface area contributed by atoms with Crippen LogP contribution in [-0.4, -0.2) is 32.2 Å². The number of nitrogens with zero attached hydrogens (tertiary/aromatic N) is 1. The quantitative estimate of drug-likeness (QED) is 0.678. The first-order valence-electron chi connectivity index (χ1n) is 6.51. The number of aliphatic carboxylic acids is 1. The molecule has 1 aliphatic heterocycles. The number of aryl methyl sites for hydroxylation is 1. The standard InChI is InChI=1S/C9H9NO3S2.C7H8/c1-3-4-6-7(11)10(9(14)15-6)5(2)8(12)13;1-7-5-3-2-4-6-7/h3-5H,1H2,2H3,(H,12,13);2-6H,1H3/b6-4-;. The minimum atomic E-state index is -1.08. The molecule has 1 aromatic carbocycles. The monoisotopic (exact) mass is 335 g/mol. The molecule has 0 radical (unpaired) electrons. The molecule has 1 unspecified atom stereocenters. The summed E-state index contributed by atoms with van der Waals surface area (Å²) < 4.78 is 0.267. The number of hydrogen-bond acceptors (Lipinski definition) is 4. The molecule has 1 aliphatic rings. The number of thiocarbonyl (C=S) groups is 1. The Morgan fingerprint density at radius 1 is 1.41 bits per heavy atom. The number of allylic oxidation sites excluding steroid dienone is 2. The molecule has 116 valence electrons. The number of benzene rings is 1. The average Bonchev–Trinajstić information content (AvgIpc) is 2.74. The Balaban J connectivity index is 0.000000287. The number of carbonyl (C=O) groups is 2. The molecule has 1 amide bonds. The second kappa shape index (κ2) is 8.51. The van der Waals surface area contributed by atoms with Crippen LogP contribution in [0, 0.1) is 6.92 Å². The molecule has 0 bridgehead atoms. The molecule has 1 atom stereocenters. The van der Waals surface area contributed by atoms with Gasteiger partial charge in [-0.25, -0.2) is 4.79 Å². The van der Waals surface area contributed by atoms with Gasteiger partial charge in [-0.1, -0.05) is 72.5 Å². The average molecular weight is 335 g/mol. The zero-order chi connectivity index (χ0) is 16.7. The Kier molecular flexibility index (Phi) is 7.01. The van der Waals surface area contributed by atoms with Crippen LogP contribution in [0.1, 0.15) is 12.5 Å². The number of carboxylic acid groups (broad SMARTS) is 1. The number of amides is 1. The highest BCUT2D eigenvalue weighted by molar-refractivity contribution is 8.26. The summed E-state index contributed by atoms with van der Waals surface area (Å²) in [5, 5.41) is 8.79. The fraction of sp³-hybridized carbons (Fsp3) is 0.188. The van der Waals surface area contributed by atoms with E-state index in [9.17, 15) is 9.59 Å². The molecule has 1 aromatic rings. The van der Waals surface area contributed by atoms with Crippen LogP contribution in [0.15, 0.2) is 54.0 Å². The molecule has 1 N–H and O–H groups in total. The van der Waals surface area contributed by atoms with Gasteiger partial charge in [0.15, 0.2) is 0 Å². The normalized spacial score (nSPS) is 17.0. The van der Waals surface area contributed by atoms with Crippen molar-refractivity contribution < 1.29 is 14.7 Å². The van der Waals surface area contributed by atoms with Crippen LogP contribution in [0.3, 0.4) is 0 Å². The molecule has 0 spiro atoms. The Morgan fingerprint density at radius 2 is 2.00 bits per heavy atom. The third-order valence-electron chi connectivity index (χ3n) is 2.78. The summed E-state index contributed by atoms with van der Waals surface area (Å²) in [5.74, 6) is -1.45. The molecule has 22 heavy (non-hydrogen) atoms. The molecule has 6 heteroatoms. The minimum absolute atomic E-state index is 0.267. The Morgan fingerprint density at radius 3 is 2.41 bits per heavy atom. The maximum Gasteiger partial charge on any atom is 0.326 e. The maximum atomic E-state index is 11.7. The van der Waals surface area contributed by atoms with Gasteiger partial charge in [0.05, 0.1) is 4.91 Å². The van der Waals surface area contributed by atoms with Crippen molar-refractivity contribution in [1.82, 2.24) is 4.90 Å². The molecule has 1 fully saturated rings. The van der Waals surface area contributed by atoms with Crippen molar-refractivity contribution in [2.75, 3.05) is 0 Å². The zero-order valence-electron chi connectivity index (χ0n) is 12.4. The first-order valence-corrected chi connectivity index (χ1v) is 7.73. The van der Waals surface area contributed by atoms with E-state index in [1.54, 1.807) is 0 Å². The maximum absolute atomic E-state index is 11.7. The van der Waals surface area contributed by atoms with Crippen LogP contribution < -0.4 is 0 Å². The van der Waals surface area contributed by atoms with Crippen LogP contribution in [0.4, 0.5) is 0 Å². The largest absolute Gasteiger partial charge is 0.480 e. The van der Waals surface area contributed by atoms with E-state index in [4.69, 9.17) is 17.3 Å². The van der Waals surface area contributed by atoms with Crippen molar-refractivity contribution >= 4 is 40.2 Å². The highest BCUT2D eigenvalue weighted by atomic mass is 32.2. The second-order valence-corrected chi connectivity index (χ2v) is 6.15. The molecule has 4 nitrogen and oxygen atoms in total. The summed E-state index contributed by atoms with van der Waals surface area (Å²) in [6.45, 7) is 6.97. The van der Waals surface area contributed by atoms with Crippen molar-refractivity contribution in [2.45, 2.75) is 19.9 Å². The zero-order valence-corrected chi connectivity index (χ0v) is 14.0. The van der Waals surface area contributed by atoms with Gasteiger partial charge in [0.2, 0.25) is 0 Å². The topological polar surface area (TPSA) is 57.6 Å². The SMILES string of the molecule is C=C/C=C1\SC(=S)N(C(C)C(=O)O)C1=O.Cc1ccccc1. The Labute approximate surface area is 139 Å². The molecular weight excluding hydrogens is 318 g/mol. The van der Waals surface area contributed by atoms with Crippen molar-refractivity contribution in [3.63, 3.8) is 0 Å². The summed E-state index contributed by atoms with van der Waals surface area (Å²) in [7, 11) is 0. The van der Waals surface area contributed by atoms with Gasteiger partial charge >= 0.3 is 5.97 Å². The molecule has 2 rings (SSSR count). The number of thioether (sulfide) groups is 1. The van der Waals surface area contributed by atoms with E-state index >= 15 is 0 Å². The van der Waals surface area contributed by atoms with E-state index in [0.717, 1.165) is 16.7 Å². The fourth-order valence-electron chi connectivity index (χ4n) is 1.58. The van der Waals surface area contributed by atoms with Crippen LogP contribution in [-0.2, 0) is 9.59 Å². The van der Waals surface area contributed by atoms with Gasteiger partial charge in [-0.2, -0.15) is 0 Å². The van der Waals surface area contributed by atoms with Crippen molar-refractivity contribution in [1.29, 1.82) is 0 Å². The van der Waals surface area contributed by atoms with Crippen molar-refractivity contribution in [3.8, 4) is 0 Å². The number of hydrogen-bond donors (Lipinski definition) is 1. The van der Waals surface area contributed by atoms with Crippen molar-refractivity contribution in [3.05, 3.63) is 59.5 Å². The fourth-order valence-corrected chi connectivity index (χ4v) is 2.97. The molecule has 1 heterocycles. The predicted molar refractivity (Wildman–Crippen MR) is 93.6 cm³/mol. The summed E-state index contributed by atoms with van der Waals surface area (Å²) in [4.78, 5) is 23.9. The van der Waals surface area contributed by atoms with Gasteiger partial charge < -0.3 is 5.11 Å². The van der Waals surface area contributed by atoms with Gasteiger partial charge in [0.1, 0.15) is 10.4 Å². The van der Waals surface area contributed by atoms with Gasteiger partial charge in [0, 0.05) is 0 Å². The molecule has 0 aromatic heterocycles. The van der Waals surface area contributed by atoms with Crippen LogP contribution >= 0.6 is 24.0 Å². The summed E-state index contributed by atoms with van der Waals surface area (Å²) in [5.41, 5.74) is 1.32. The summed E-state index contributed by atoms with van der Waals surface area (Å²) >= 11 is 6.02. The molecule has 1 saturated heterocycles. The van der Waals surface area contributed by atoms with Crippen LogP contribution in [0.5, 0.6) is 0 Å². The Bertz CT molecular complexity index is 611. The van der Waals surface area contributed by atoms with E-state index in [0.29, 0.717) is 4.91 Å². The first-order chi connectivity index (χ1) is 10.4. The minimum Gasteiger partial charge on any atom is -0.480 e. The lowest BCUT2D eigenvalue weighted by Crippen LogP contribution is -2.41. The summed E-state index contributed by atoms with van der Waals surface area (Å²) in [6.07, 6.45) is 2.99. The van der Waals surface area contributed by atoms with Gasteiger partial charge in [-0.15, -0.1) is 0 Å². The first kappa shape index (κ1) is 18.1. The van der Waals surface area contributed by atoms with Gasteiger partial charge in [-0.05, 0) is 19.9 Å². The number of carboxylic acids is 1. The van der Waals surface area contributed by atoms with E-state index in [1.165, 1.54) is 24.6 Å². The number of rotatable bonds is 3. The molecule has 0 aliphatic carbocycles. The second-order valence-electron chi connectivity index (χ2n) is 4.48. The van der Waals surface area contributed by atoms with E-state index in [-0.39, 0.29) is 10.2 Å². The molecule has 0 saturated carbocycles. The summed E-state index contributed by atoms with van der Waals surface area (Å²) in [6, 6.07) is 9.32. The third kappa shape index (κ3) is 4.82. The Hall–Kier alpha value is -1.92. The van der Waals surface area contributed by atoms with Gasteiger partial charge in [0.25, 0.3) is 5.91 Å². The highest BCUT2D eigenvalue weighted by Crippen LogP contribution is 2.32. The van der Waals surface area contributed by atoms with E-state index < -0.39 is 12.0 Å². The van der Waals surface area contributed by atoms with Gasteiger partial charge in [-0.3, -0.25) is 9.69 Å². The third-order valence-corrected chi connectivity index (χ3v) is 4.13. The van der Waals surface area contributed by atoms with E-state index in [2.05, 4.69) is 25.6 Å². The van der Waals surface area contributed by atoms with E-state index in [1.807, 2.05) is 18.2 Å². The predicted octanol–water partition coefficient (Wildman–Crippen LogP) is 3.38. The molecular formula is C16H17NO3S2. The van der Waals surface area contributed by atoms with Crippen LogP contribution in [0.25, 0.3) is 0 Å². The lowest BCUT2D eigenvalue weighted by Gasteiger charge is -2.18. The smallest absolute Gasteiger partial charge is 0.326 e. The lowest BCUT2D eigenvalue weighted by atomic mass is 10.2. The van der Waals surface area contributed by atoms with Crippen LogP contribution in [0.2, 0.25) is 0 Å². The van der Waals surface area contributed by atoms with Crippen molar-refractivity contribution in [2.24, 2.45) is 0 Å². The highest BCUT2D eigenvalue weighted by Gasteiger charge is 2.37.